The van der Waals surface area contributed by atoms with Crippen LogP contribution >= 0.6 is 0 Å². The molecule has 1 rings (SSSR count). The first-order chi connectivity index (χ1) is 8.78. The lowest BCUT2D eigenvalue weighted by Gasteiger charge is -2.10. The van der Waals surface area contributed by atoms with Gasteiger partial charge in [-0.1, -0.05) is 13.8 Å². The molecule has 0 aliphatic carbocycles. The highest BCUT2D eigenvalue weighted by atomic mass is 19.4. The lowest BCUT2D eigenvalue weighted by molar-refractivity contribution is -0.274. The molecule has 0 saturated carbocycles. The molecule has 0 bridgehead atoms. The number of hydrogen-bond acceptors (Lipinski definition) is 3. The van der Waals surface area contributed by atoms with E-state index in [1.54, 1.807) is 0 Å². The molecule has 0 spiro atoms. The Bertz CT molecular complexity index is 415. The van der Waals surface area contributed by atoms with Gasteiger partial charge >= 0.3 is 6.36 Å². The van der Waals surface area contributed by atoms with Crippen LogP contribution in [0.3, 0.4) is 0 Å². The molecule has 1 amide bonds. The third-order valence-electron chi connectivity index (χ3n) is 1.93. The van der Waals surface area contributed by atoms with E-state index >= 15 is 0 Å². The van der Waals surface area contributed by atoms with Crippen LogP contribution in [0.4, 0.5) is 13.2 Å². The van der Waals surface area contributed by atoms with E-state index in [0.717, 1.165) is 12.1 Å². The average molecular weight is 277 g/mol. The van der Waals surface area contributed by atoms with Gasteiger partial charge in [0.1, 0.15) is 5.75 Å². The van der Waals surface area contributed by atoms with Gasteiger partial charge in [0.15, 0.2) is 0 Å². The third kappa shape index (κ3) is 6.10. The van der Waals surface area contributed by atoms with Crippen LogP contribution in [0.15, 0.2) is 24.3 Å². The molecule has 0 radical (unpaired) electrons. The normalized spacial score (nSPS) is 11.5. The van der Waals surface area contributed by atoms with Crippen molar-refractivity contribution in [2.45, 2.75) is 20.2 Å². The SMILES string of the molecule is CC(C)CONC(=O)c1ccc(OC(F)(F)F)cc1. The highest BCUT2D eigenvalue weighted by Gasteiger charge is 2.31. The van der Waals surface area contributed by atoms with E-state index in [1.165, 1.54) is 12.1 Å². The minimum atomic E-state index is -4.75. The second kappa shape index (κ2) is 6.42. The minimum absolute atomic E-state index is 0.179. The monoisotopic (exact) mass is 277 g/mol. The summed E-state index contributed by atoms with van der Waals surface area (Å²) in [6.07, 6.45) is -4.75. The zero-order valence-electron chi connectivity index (χ0n) is 10.5. The van der Waals surface area contributed by atoms with Crippen LogP contribution < -0.4 is 10.2 Å². The van der Waals surface area contributed by atoms with Gasteiger partial charge in [0, 0.05) is 5.56 Å². The van der Waals surface area contributed by atoms with Crippen LogP contribution in [0.25, 0.3) is 0 Å². The van der Waals surface area contributed by atoms with E-state index in [2.05, 4.69) is 10.2 Å². The van der Waals surface area contributed by atoms with E-state index in [9.17, 15) is 18.0 Å². The third-order valence-corrected chi connectivity index (χ3v) is 1.93. The Hall–Kier alpha value is -1.76. The van der Waals surface area contributed by atoms with Gasteiger partial charge in [-0.3, -0.25) is 9.63 Å². The number of halogens is 3. The summed E-state index contributed by atoms with van der Waals surface area (Å²) in [6.45, 7) is 4.17. The Morgan fingerprint density at radius 1 is 1.26 bits per heavy atom. The van der Waals surface area contributed by atoms with Crippen molar-refractivity contribution >= 4 is 5.91 Å². The van der Waals surface area contributed by atoms with Gasteiger partial charge in [-0.2, -0.15) is 0 Å². The summed E-state index contributed by atoms with van der Waals surface area (Å²) in [5.41, 5.74) is 2.37. The molecule has 0 heterocycles. The van der Waals surface area contributed by atoms with Crippen molar-refractivity contribution in [3.05, 3.63) is 29.8 Å². The largest absolute Gasteiger partial charge is 0.573 e. The number of hydrogen-bond donors (Lipinski definition) is 1. The Morgan fingerprint density at radius 2 is 1.84 bits per heavy atom. The van der Waals surface area contributed by atoms with Gasteiger partial charge in [0.05, 0.1) is 6.61 Å². The average Bonchev–Trinajstić information content (AvgIpc) is 2.27. The molecule has 0 saturated heterocycles. The second-order valence-corrected chi connectivity index (χ2v) is 4.21. The van der Waals surface area contributed by atoms with Crippen molar-refractivity contribution in [2.24, 2.45) is 5.92 Å². The molecule has 1 aromatic rings. The van der Waals surface area contributed by atoms with Gasteiger partial charge < -0.3 is 4.74 Å². The first kappa shape index (κ1) is 15.3. The Morgan fingerprint density at radius 3 is 2.32 bits per heavy atom. The number of alkyl halides is 3. The zero-order chi connectivity index (χ0) is 14.5. The Labute approximate surface area is 108 Å². The number of nitrogens with one attached hydrogen (secondary N) is 1. The van der Waals surface area contributed by atoms with Crippen LogP contribution in [0, 0.1) is 5.92 Å². The van der Waals surface area contributed by atoms with Crippen molar-refractivity contribution in [1.82, 2.24) is 5.48 Å². The van der Waals surface area contributed by atoms with Gasteiger partial charge in [-0.05, 0) is 30.2 Å². The molecule has 106 valence electrons. The molecule has 0 unspecified atom stereocenters. The van der Waals surface area contributed by atoms with Crippen molar-refractivity contribution in [3.8, 4) is 5.75 Å². The Balaban J connectivity index is 2.53. The molecular weight excluding hydrogens is 263 g/mol. The van der Waals surface area contributed by atoms with Gasteiger partial charge in [-0.15, -0.1) is 13.2 Å². The van der Waals surface area contributed by atoms with E-state index in [0.29, 0.717) is 6.61 Å². The predicted molar refractivity (Wildman–Crippen MR) is 61.4 cm³/mol. The first-order valence-corrected chi connectivity index (χ1v) is 5.56. The first-order valence-electron chi connectivity index (χ1n) is 5.56. The van der Waals surface area contributed by atoms with E-state index in [4.69, 9.17) is 4.84 Å². The Kier molecular flexibility index (Phi) is 5.17. The number of amides is 1. The standard InChI is InChI=1S/C12H14F3NO3/c1-8(2)7-18-16-11(17)9-3-5-10(6-4-9)19-12(13,14)15/h3-6,8H,7H2,1-2H3,(H,16,17). The molecule has 7 heteroatoms. The van der Waals surface area contributed by atoms with E-state index in [1.807, 2.05) is 13.8 Å². The van der Waals surface area contributed by atoms with Crippen molar-refractivity contribution in [2.75, 3.05) is 6.61 Å². The van der Waals surface area contributed by atoms with Crippen LogP contribution in [-0.2, 0) is 4.84 Å². The maximum Gasteiger partial charge on any atom is 0.573 e. The van der Waals surface area contributed by atoms with Gasteiger partial charge in [0.25, 0.3) is 5.91 Å². The fraction of sp³-hybridized carbons (Fsp3) is 0.417. The summed E-state index contributed by atoms with van der Waals surface area (Å²) in [5, 5.41) is 0. The topological polar surface area (TPSA) is 47.6 Å². The van der Waals surface area contributed by atoms with E-state index < -0.39 is 12.3 Å². The highest BCUT2D eigenvalue weighted by Crippen LogP contribution is 2.22. The van der Waals surface area contributed by atoms with Crippen LogP contribution in [-0.4, -0.2) is 18.9 Å². The molecule has 0 atom stereocenters. The number of ether oxygens (including phenoxy) is 1. The predicted octanol–water partition coefficient (Wildman–Crippen LogP) is 2.90. The summed E-state index contributed by atoms with van der Waals surface area (Å²) >= 11 is 0. The smallest absolute Gasteiger partial charge is 0.406 e. The van der Waals surface area contributed by atoms with Crippen molar-refractivity contribution < 1.29 is 27.5 Å². The highest BCUT2D eigenvalue weighted by molar-refractivity contribution is 5.93. The lowest BCUT2D eigenvalue weighted by Crippen LogP contribution is -2.25. The maximum atomic E-state index is 11.9. The summed E-state index contributed by atoms with van der Waals surface area (Å²) in [5.74, 6) is -0.658. The summed E-state index contributed by atoms with van der Waals surface area (Å²) in [7, 11) is 0. The van der Waals surface area contributed by atoms with Crippen LogP contribution in [0.2, 0.25) is 0 Å². The molecule has 1 aromatic carbocycles. The fourth-order valence-electron chi connectivity index (χ4n) is 1.14. The molecule has 0 fully saturated rings. The molecule has 1 N–H and O–H groups in total. The molecule has 19 heavy (non-hydrogen) atoms. The maximum absolute atomic E-state index is 11.9. The number of hydroxylamine groups is 1. The van der Waals surface area contributed by atoms with Crippen molar-refractivity contribution in [1.29, 1.82) is 0 Å². The quantitative estimate of drug-likeness (QED) is 0.842. The molecule has 4 nitrogen and oxygen atoms in total. The number of carbonyl (C=O) groups excluding carboxylic acids is 1. The lowest BCUT2D eigenvalue weighted by atomic mass is 10.2. The van der Waals surface area contributed by atoms with Crippen molar-refractivity contribution in [3.63, 3.8) is 0 Å². The van der Waals surface area contributed by atoms with Crippen LogP contribution in [0.5, 0.6) is 5.75 Å². The molecular formula is C12H14F3NO3. The zero-order valence-corrected chi connectivity index (χ0v) is 10.5. The summed E-state index contributed by atoms with van der Waals surface area (Å²) in [4.78, 5) is 16.4. The fourth-order valence-corrected chi connectivity index (χ4v) is 1.14. The minimum Gasteiger partial charge on any atom is -0.406 e. The van der Waals surface area contributed by atoms with Gasteiger partial charge in [0.2, 0.25) is 0 Å². The van der Waals surface area contributed by atoms with Crippen LogP contribution in [0.1, 0.15) is 24.2 Å². The molecule has 0 aliphatic heterocycles. The number of carbonyl (C=O) groups is 1. The number of benzene rings is 1. The van der Waals surface area contributed by atoms with Gasteiger partial charge in [-0.25, -0.2) is 5.48 Å². The second-order valence-electron chi connectivity index (χ2n) is 4.21. The molecule has 0 aromatic heterocycles. The van der Waals surface area contributed by atoms with E-state index in [-0.39, 0.29) is 17.2 Å². The summed E-state index contributed by atoms with van der Waals surface area (Å²) < 4.78 is 39.4. The summed E-state index contributed by atoms with van der Waals surface area (Å²) in [6, 6.07) is 4.56. The number of rotatable bonds is 5. The molecule has 0 aliphatic rings.